The van der Waals surface area contributed by atoms with Crippen LogP contribution in [0.3, 0.4) is 0 Å². The summed E-state index contributed by atoms with van der Waals surface area (Å²) in [5.74, 6) is 0.0929. The molecule has 3 aromatic rings. The van der Waals surface area contributed by atoms with Crippen LogP contribution in [0.4, 0.5) is 5.69 Å². The van der Waals surface area contributed by atoms with Gasteiger partial charge in [-0.2, -0.15) is 0 Å². The highest BCUT2D eigenvalue weighted by molar-refractivity contribution is 8.00. The molecular formula is C27H28N2OS. The summed E-state index contributed by atoms with van der Waals surface area (Å²) in [4.78, 5) is 13.8. The summed E-state index contributed by atoms with van der Waals surface area (Å²) >= 11 is 1.69. The summed E-state index contributed by atoms with van der Waals surface area (Å²) in [6.45, 7) is 2.03. The van der Waals surface area contributed by atoms with E-state index in [0.29, 0.717) is 0 Å². The fourth-order valence-electron chi connectivity index (χ4n) is 5.40. The smallest absolute Gasteiger partial charge is 0.245 e. The molecule has 31 heavy (non-hydrogen) atoms. The molecule has 0 saturated carbocycles. The number of amides is 1. The van der Waals surface area contributed by atoms with E-state index in [2.05, 4.69) is 65.4 Å². The van der Waals surface area contributed by atoms with Gasteiger partial charge in [0.25, 0.3) is 0 Å². The molecule has 158 valence electrons. The van der Waals surface area contributed by atoms with Crippen LogP contribution < -0.4 is 10.6 Å². The van der Waals surface area contributed by atoms with E-state index in [-0.39, 0.29) is 11.3 Å². The molecule has 4 heteroatoms. The number of thioether (sulfide) groups is 1. The molecule has 0 radical (unpaired) electrons. The lowest BCUT2D eigenvalue weighted by atomic mass is 9.73. The maximum Gasteiger partial charge on any atom is 0.245 e. The number of anilines is 1. The van der Waals surface area contributed by atoms with Crippen molar-refractivity contribution in [2.75, 3.05) is 24.7 Å². The van der Waals surface area contributed by atoms with Gasteiger partial charge in [-0.1, -0.05) is 66.7 Å². The first-order valence-corrected chi connectivity index (χ1v) is 12.2. The minimum absolute atomic E-state index is 0.0929. The molecule has 3 nitrogen and oxygen atoms in total. The molecule has 1 atom stereocenters. The minimum atomic E-state index is -0.550. The van der Waals surface area contributed by atoms with Crippen LogP contribution in [-0.4, -0.2) is 25.3 Å². The lowest BCUT2D eigenvalue weighted by Crippen LogP contribution is -2.42. The summed E-state index contributed by atoms with van der Waals surface area (Å²) in [6, 6.07) is 27.1. The summed E-state index contributed by atoms with van der Waals surface area (Å²) in [5, 5.41) is 6.73. The van der Waals surface area contributed by atoms with E-state index >= 15 is 0 Å². The lowest BCUT2D eigenvalue weighted by molar-refractivity contribution is -0.119. The third-order valence-electron chi connectivity index (χ3n) is 7.05. The molecule has 1 unspecified atom stereocenters. The first-order chi connectivity index (χ1) is 15.2. The van der Waals surface area contributed by atoms with Crippen molar-refractivity contribution >= 4 is 23.4 Å². The molecule has 1 aliphatic carbocycles. The Hall–Kier alpha value is -2.56. The van der Waals surface area contributed by atoms with E-state index in [4.69, 9.17) is 0 Å². The van der Waals surface area contributed by atoms with Crippen LogP contribution in [0.15, 0.2) is 78.9 Å². The highest BCUT2D eigenvalue weighted by atomic mass is 32.2. The Balaban J connectivity index is 1.44. The maximum atomic E-state index is 13.8. The van der Waals surface area contributed by atoms with Crippen molar-refractivity contribution in [1.29, 1.82) is 0 Å². The van der Waals surface area contributed by atoms with Crippen molar-refractivity contribution in [3.8, 4) is 11.1 Å². The molecule has 5 rings (SSSR count). The van der Waals surface area contributed by atoms with Gasteiger partial charge < -0.3 is 10.6 Å². The zero-order chi connectivity index (χ0) is 21.3. The first kappa shape index (κ1) is 20.3. The van der Waals surface area contributed by atoms with E-state index in [1.54, 1.807) is 11.8 Å². The van der Waals surface area contributed by atoms with Crippen molar-refractivity contribution in [3.05, 3.63) is 90.0 Å². The average Bonchev–Trinajstić information content (AvgIpc) is 3.11. The van der Waals surface area contributed by atoms with Gasteiger partial charge in [-0.25, -0.2) is 0 Å². The largest absolute Gasteiger partial charge is 0.325 e. The number of nitrogens with one attached hydrogen (secondary N) is 2. The highest BCUT2D eigenvalue weighted by Crippen LogP contribution is 2.58. The quantitative estimate of drug-likeness (QED) is 0.570. The van der Waals surface area contributed by atoms with Crippen molar-refractivity contribution < 1.29 is 4.79 Å². The fourth-order valence-corrected chi connectivity index (χ4v) is 6.46. The van der Waals surface area contributed by atoms with Crippen molar-refractivity contribution in [2.45, 2.75) is 29.4 Å². The fraction of sp³-hybridized carbons (Fsp3) is 0.296. The zero-order valence-electron chi connectivity index (χ0n) is 17.9. The van der Waals surface area contributed by atoms with Gasteiger partial charge in [0.05, 0.1) is 0 Å². The maximum absolute atomic E-state index is 13.8. The Morgan fingerprint density at radius 3 is 2.13 bits per heavy atom. The molecule has 0 aromatic heterocycles. The summed E-state index contributed by atoms with van der Waals surface area (Å²) in [5.41, 5.74) is 5.85. The molecular weight excluding hydrogens is 400 g/mol. The molecule has 1 spiro atoms. The second-order valence-corrected chi connectivity index (χ2v) is 9.79. The third kappa shape index (κ3) is 3.48. The summed E-state index contributed by atoms with van der Waals surface area (Å²) in [7, 11) is 0. The second kappa shape index (κ2) is 8.18. The zero-order valence-corrected chi connectivity index (χ0v) is 18.7. The second-order valence-electron chi connectivity index (χ2n) is 8.68. The Morgan fingerprint density at radius 1 is 0.839 bits per heavy atom. The van der Waals surface area contributed by atoms with Gasteiger partial charge in [0.1, 0.15) is 4.75 Å². The lowest BCUT2D eigenvalue weighted by Gasteiger charge is -2.37. The van der Waals surface area contributed by atoms with Gasteiger partial charge in [0.2, 0.25) is 5.91 Å². The molecule has 0 bridgehead atoms. The van der Waals surface area contributed by atoms with Crippen molar-refractivity contribution in [1.82, 2.24) is 5.32 Å². The Morgan fingerprint density at radius 2 is 1.45 bits per heavy atom. The molecule has 1 fully saturated rings. The van der Waals surface area contributed by atoms with E-state index in [0.717, 1.165) is 43.6 Å². The minimum Gasteiger partial charge on any atom is -0.325 e. The molecule has 3 aromatic carbocycles. The number of piperidine rings is 1. The molecule has 1 saturated heterocycles. The predicted molar refractivity (Wildman–Crippen MR) is 131 cm³/mol. The highest BCUT2D eigenvalue weighted by Gasteiger charge is 2.55. The standard InChI is InChI=1S/C27H28N2OS/c1-31-27(19-26(15-17-28-18-16-26)23-9-5-6-10-24(23)27)25(30)29-22-13-11-21(12-14-22)20-7-3-2-4-8-20/h2-14,28H,15-19H2,1H3,(H,29,30). The van der Waals surface area contributed by atoms with Gasteiger partial charge in [-0.3, -0.25) is 4.79 Å². The summed E-state index contributed by atoms with van der Waals surface area (Å²) in [6.07, 6.45) is 5.13. The molecule has 2 aliphatic rings. The van der Waals surface area contributed by atoms with Crippen LogP contribution in [0, 0.1) is 0 Å². The van der Waals surface area contributed by atoms with Crippen LogP contribution in [-0.2, 0) is 15.0 Å². The van der Waals surface area contributed by atoms with Gasteiger partial charge in [-0.15, -0.1) is 11.8 Å². The number of hydrogen-bond acceptors (Lipinski definition) is 3. The number of benzene rings is 3. The van der Waals surface area contributed by atoms with Crippen LogP contribution in [0.5, 0.6) is 0 Å². The van der Waals surface area contributed by atoms with E-state index in [9.17, 15) is 4.79 Å². The van der Waals surface area contributed by atoms with Gasteiger partial charge in [0, 0.05) is 11.1 Å². The van der Waals surface area contributed by atoms with Crippen LogP contribution in [0.25, 0.3) is 11.1 Å². The Bertz CT molecular complexity index is 1070. The first-order valence-electron chi connectivity index (χ1n) is 11.0. The predicted octanol–water partition coefficient (Wildman–Crippen LogP) is 5.58. The number of carbonyl (C=O) groups excluding carboxylic acids is 1. The van der Waals surface area contributed by atoms with E-state index < -0.39 is 4.75 Å². The van der Waals surface area contributed by atoms with Crippen LogP contribution in [0.1, 0.15) is 30.4 Å². The monoisotopic (exact) mass is 428 g/mol. The molecule has 1 amide bonds. The van der Waals surface area contributed by atoms with Crippen LogP contribution >= 0.6 is 11.8 Å². The number of fused-ring (bicyclic) bond motifs is 2. The summed E-state index contributed by atoms with van der Waals surface area (Å²) < 4.78 is -0.550. The van der Waals surface area contributed by atoms with Crippen LogP contribution in [0.2, 0.25) is 0 Å². The topological polar surface area (TPSA) is 41.1 Å². The van der Waals surface area contributed by atoms with E-state index in [1.807, 2.05) is 30.3 Å². The van der Waals surface area contributed by atoms with Crippen molar-refractivity contribution in [2.24, 2.45) is 0 Å². The number of hydrogen-bond donors (Lipinski definition) is 2. The Kier molecular flexibility index (Phi) is 5.37. The normalized spacial score (nSPS) is 21.6. The SMILES string of the molecule is CSC1(C(=O)Nc2ccc(-c3ccccc3)cc2)CC2(CCNCC2)c2ccccc21. The van der Waals surface area contributed by atoms with Crippen molar-refractivity contribution in [3.63, 3.8) is 0 Å². The average molecular weight is 429 g/mol. The van der Waals surface area contributed by atoms with Gasteiger partial charge in [0.15, 0.2) is 0 Å². The number of rotatable bonds is 4. The molecule has 2 N–H and O–H groups in total. The third-order valence-corrected chi connectivity index (χ3v) is 8.29. The van der Waals surface area contributed by atoms with Gasteiger partial charge in [-0.05, 0) is 73.0 Å². The number of carbonyl (C=O) groups is 1. The molecule has 1 heterocycles. The van der Waals surface area contributed by atoms with E-state index in [1.165, 1.54) is 16.7 Å². The van der Waals surface area contributed by atoms with Gasteiger partial charge >= 0.3 is 0 Å². The Labute approximate surface area is 188 Å². The molecule has 1 aliphatic heterocycles.